The second-order valence-electron chi connectivity index (χ2n) is 4.82. The molecule has 100 valence electrons. The molecule has 0 aliphatic rings. The molecule has 0 heterocycles. The number of ether oxygens (including phenoxy) is 1. The van der Waals surface area contributed by atoms with Crippen LogP contribution in [-0.2, 0) is 6.42 Å². The van der Waals surface area contributed by atoms with Gasteiger partial charge in [0.1, 0.15) is 11.5 Å². The predicted octanol–water partition coefficient (Wildman–Crippen LogP) is 4.45. The monoisotopic (exact) mass is 255 g/mol. The molecule has 2 aromatic rings. The molecule has 19 heavy (non-hydrogen) atoms. The van der Waals surface area contributed by atoms with E-state index in [2.05, 4.69) is 19.1 Å². The molecule has 0 aliphatic heterocycles. The Morgan fingerprint density at radius 1 is 1.05 bits per heavy atom. The minimum Gasteiger partial charge on any atom is -0.457 e. The Kier molecular flexibility index (Phi) is 4.58. The summed E-state index contributed by atoms with van der Waals surface area (Å²) < 4.78 is 5.92. The van der Waals surface area contributed by atoms with E-state index < -0.39 is 0 Å². The summed E-state index contributed by atoms with van der Waals surface area (Å²) in [6.45, 7) is 4.15. The zero-order valence-electron chi connectivity index (χ0n) is 11.6. The first-order chi connectivity index (χ1) is 9.20. The van der Waals surface area contributed by atoms with E-state index in [1.165, 1.54) is 5.56 Å². The highest BCUT2D eigenvalue weighted by molar-refractivity contribution is 5.39. The first kappa shape index (κ1) is 13.6. The number of aryl methyl sites for hydroxylation is 1. The van der Waals surface area contributed by atoms with Crippen LogP contribution in [0.25, 0.3) is 0 Å². The van der Waals surface area contributed by atoms with E-state index in [4.69, 9.17) is 10.5 Å². The summed E-state index contributed by atoms with van der Waals surface area (Å²) in [6.07, 6.45) is 2.27. The van der Waals surface area contributed by atoms with Gasteiger partial charge in [-0.15, -0.1) is 0 Å². The molecule has 2 N–H and O–H groups in total. The summed E-state index contributed by atoms with van der Waals surface area (Å²) in [5, 5.41) is 0. The van der Waals surface area contributed by atoms with Gasteiger partial charge in [0.05, 0.1) is 0 Å². The Hall–Kier alpha value is -1.80. The van der Waals surface area contributed by atoms with Gasteiger partial charge >= 0.3 is 0 Å². The molecule has 0 unspecified atom stereocenters. The van der Waals surface area contributed by atoms with Crippen molar-refractivity contribution in [3.63, 3.8) is 0 Å². The van der Waals surface area contributed by atoms with E-state index in [-0.39, 0.29) is 6.04 Å². The quantitative estimate of drug-likeness (QED) is 0.856. The van der Waals surface area contributed by atoms with Crippen molar-refractivity contribution in [2.24, 2.45) is 5.73 Å². The second-order valence-corrected chi connectivity index (χ2v) is 4.82. The van der Waals surface area contributed by atoms with E-state index in [9.17, 15) is 0 Å². The third-order valence-corrected chi connectivity index (χ3v) is 3.10. The molecule has 0 spiro atoms. The zero-order chi connectivity index (χ0) is 13.7. The molecule has 0 aliphatic carbocycles. The van der Waals surface area contributed by atoms with Gasteiger partial charge in [-0.25, -0.2) is 0 Å². The summed E-state index contributed by atoms with van der Waals surface area (Å²) in [4.78, 5) is 0. The molecule has 0 saturated heterocycles. The minimum absolute atomic E-state index is 0.0319. The van der Waals surface area contributed by atoms with Crippen LogP contribution in [0.3, 0.4) is 0 Å². The maximum absolute atomic E-state index is 5.95. The van der Waals surface area contributed by atoms with Gasteiger partial charge in [-0.05, 0) is 37.1 Å². The number of hydrogen-bond donors (Lipinski definition) is 1. The summed E-state index contributed by atoms with van der Waals surface area (Å²) >= 11 is 0. The molecule has 0 fully saturated rings. The van der Waals surface area contributed by atoms with Crippen molar-refractivity contribution in [1.82, 2.24) is 0 Å². The molecule has 2 rings (SSSR count). The van der Waals surface area contributed by atoms with Crippen LogP contribution < -0.4 is 10.5 Å². The average molecular weight is 255 g/mol. The number of hydrogen-bond acceptors (Lipinski definition) is 2. The van der Waals surface area contributed by atoms with Gasteiger partial charge in [0.2, 0.25) is 0 Å². The summed E-state index contributed by atoms with van der Waals surface area (Å²) in [5.74, 6) is 1.69. The molecule has 2 heteroatoms. The molecule has 0 amide bonds. The first-order valence-electron chi connectivity index (χ1n) is 6.82. The van der Waals surface area contributed by atoms with Crippen molar-refractivity contribution in [2.75, 3.05) is 0 Å². The SMILES string of the molecule is CCCc1ccc(Oc2ccccc2[C@H](C)N)cc1. The van der Waals surface area contributed by atoms with Crippen molar-refractivity contribution in [3.8, 4) is 11.5 Å². The van der Waals surface area contributed by atoms with Crippen molar-refractivity contribution in [2.45, 2.75) is 32.7 Å². The third kappa shape index (κ3) is 3.58. The fraction of sp³-hybridized carbons (Fsp3) is 0.294. The topological polar surface area (TPSA) is 35.2 Å². The highest BCUT2D eigenvalue weighted by Crippen LogP contribution is 2.28. The van der Waals surface area contributed by atoms with Crippen molar-refractivity contribution < 1.29 is 4.74 Å². The summed E-state index contributed by atoms with van der Waals surface area (Å²) in [7, 11) is 0. The van der Waals surface area contributed by atoms with E-state index in [1.54, 1.807) is 0 Å². The van der Waals surface area contributed by atoms with Crippen LogP contribution >= 0.6 is 0 Å². The zero-order valence-corrected chi connectivity index (χ0v) is 11.6. The summed E-state index contributed by atoms with van der Waals surface area (Å²) in [5.41, 5.74) is 8.32. The Labute approximate surface area is 115 Å². The second kappa shape index (κ2) is 6.39. The van der Waals surface area contributed by atoms with Crippen molar-refractivity contribution >= 4 is 0 Å². The molecule has 2 nitrogen and oxygen atoms in total. The van der Waals surface area contributed by atoms with Crippen LogP contribution in [0.5, 0.6) is 11.5 Å². The Bertz CT molecular complexity index is 517. The van der Waals surface area contributed by atoms with E-state index in [0.29, 0.717) is 0 Å². The predicted molar refractivity (Wildman–Crippen MR) is 79.6 cm³/mol. The lowest BCUT2D eigenvalue weighted by molar-refractivity contribution is 0.472. The van der Waals surface area contributed by atoms with Crippen LogP contribution in [0.4, 0.5) is 0 Å². The van der Waals surface area contributed by atoms with Crippen molar-refractivity contribution in [3.05, 3.63) is 59.7 Å². The van der Waals surface area contributed by atoms with E-state index in [0.717, 1.165) is 29.9 Å². The molecule has 0 bridgehead atoms. The van der Waals surface area contributed by atoms with Crippen LogP contribution in [0.15, 0.2) is 48.5 Å². The van der Waals surface area contributed by atoms with Gasteiger partial charge in [0, 0.05) is 11.6 Å². The van der Waals surface area contributed by atoms with Gasteiger partial charge < -0.3 is 10.5 Å². The maximum atomic E-state index is 5.95. The largest absolute Gasteiger partial charge is 0.457 e. The van der Waals surface area contributed by atoms with Crippen molar-refractivity contribution in [1.29, 1.82) is 0 Å². The number of benzene rings is 2. The molecular weight excluding hydrogens is 234 g/mol. The molecule has 0 saturated carbocycles. The van der Waals surface area contributed by atoms with Crippen LogP contribution in [-0.4, -0.2) is 0 Å². The smallest absolute Gasteiger partial charge is 0.132 e. The average Bonchev–Trinajstić information content (AvgIpc) is 2.42. The van der Waals surface area contributed by atoms with E-state index in [1.807, 2.05) is 43.3 Å². The van der Waals surface area contributed by atoms with Crippen LogP contribution in [0.2, 0.25) is 0 Å². The fourth-order valence-corrected chi connectivity index (χ4v) is 2.09. The van der Waals surface area contributed by atoms with Gasteiger partial charge in [0.25, 0.3) is 0 Å². The minimum atomic E-state index is -0.0319. The van der Waals surface area contributed by atoms with Gasteiger partial charge in [-0.3, -0.25) is 0 Å². The number of rotatable bonds is 5. The lowest BCUT2D eigenvalue weighted by atomic mass is 10.1. The molecule has 0 radical (unpaired) electrons. The van der Waals surface area contributed by atoms with Gasteiger partial charge in [0.15, 0.2) is 0 Å². The molecular formula is C17H21NO. The summed E-state index contributed by atoms with van der Waals surface area (Å²) in [6, 6.07) is 16.1. The molecule has 1 atom stereocenters. The van der Waals surface area contributed by atoms with Crippen LogP contribution in [0.1, 0.15) is 37.4 Å². The third-order valence-electron chi connectivity index (χ3n) is 3.10. The maximum Gasteiger partial charge on any atom is 0.132 e. The Morgan fingerprint density at radius 3 is 2.37 bits per heavy atom. The fourth-order valence-electron chi connectivity index (χ4n) is 2.09. The lowest BCUT2D eigenvalue weighted by Gasteiger charge is -2.13. The Morgan fingerprint density at radius 2 is 1.74 bits per heavy atom. The highest BCUT2D eigenvalue weighted by Gasteiger charge is 2.07. The van der Waals surface area contributed by atoms with Crippen LogP contribution in [0, 0.1) is 0 Å². The normalized spacial score (nSPS) is 12.2. The number of nitrogens with two attached hydrogens (primary N) is 1. The first-order valence-corrected chi connectivity index (χ1v) is 6.82. The standard InChI is InChI=1S/C17H21NO/c1-3-6-14-9-11-15(12-10-14)19-17-8-5-4-7-16(17)13(2)18/h4-5,7-13H,3,6,18H2,1-2H3/t13-/m0/s1. The van der Waals surface area contributed by atoms with Gasteiger partial charge in [-0.1, -0.05) is 43.7 Å². The Balaban J connectivity index is 2.17. The molecule has 0 aromatic heterocycles. The lowest BCUT2D eigenvalue weighted by Crippen LogP contribution is -2.06. The molecule has 2 aromatic carbocycles. The van der Waals surface area contributed by atoms with E-state index >= 15 is 0 Å². The van der Waals surface area contributed by atoms with Gasteiger partial charge in [-0.2, -0.15) is 0 Å². The number of para-hydroxylation sites is 1. The highest BCUT2D eigenvalue weighted by atomic mass is 16.5.